The van der Waals surface area contributed by atoms with Gasteiger partial charge in [-0.1, -0.05) is 48.5 Å². The van der Waals surface area contributed by atoms with E-state index in [1.165, 1.54) is 86.4 Å². The Morgan fingerprint density at radius 2 is 0.865 bits per heavy atom. The summed E-state index contributed by atoms with van der Waals surface area (Å²) in [5, 5.41) is 8.40. The molecule has 6 heterocycles. The van der Waals surface area contributed by atoms with E-state index >= 15 is 0 Å². The van der Waals surface area contributed by atoms with Crippen LogP contribution in [0.25, 0.3) is 100 Å². The number of amides is 2. The molecule has 8 aromatic carbocycles. The Bertz CT molecular complexity index is 5460. The molecule has 104 heavy (non-hydrogen) atoms. The third kappa shape index (κ3) is 14.1. The minimum atomic E-state index is -3.69. The number of sulfonamides is 2. The molecule has 26 heteroatoms. The Morgan fingerprint density at radius 1 is 0.471 bits per heavy atom. The van der Waals surface area contributed by atoms with Gasteiger partial charge in [0.15, 0.2) is 0 Å². The number of carbonyl (C=O) groups excluding carboxylic acids is 2. The van der Waals surface area contributed by atoms with E-state index in [1.807, 2.05) is 100 Å². The predicted octanol–water partition coefficient (Wildman–Crippen LogP) is 14.3. The van der Waals surface area contributed by atoms with E-state index in [4.69, 9.17) is 36.9 Å². The van der Waals surface area contributed by atoms with Crippen LogP contribution in [0.3, 0.4) is 0 Å². The molecule has 14 rings (SSSR count). The van der Waals surface area contributed by atoms with Gasteiger partial charge in [-0.3, -0.25) is 18.2 Å². The summed E-state index contributed by atoms with van der Waals surface area (Å²) in [4.78, 5) is 33.1. The number of rotatable bonds is 15. The van der Waals surface area contributed by atoms with Crippen molar-refractivity contribution in [2.24, 2.45) is 0 Å². The maximum Gasteiger partial charge on any atom is 0.497 e. The molecule has 0 unspecified atom stereocenters. The first kappa shape index (κ1) is 73.5. The fourth-order valence-electron chi connectivity index (χ4n) is 12.5. The predicted molar refractivity (Wildman–Crippen MR) is 407 cm³/mol. The van der Waals surface area contributed by atoms with Crippen molar-refractivity contribution in [2.75, 3.05) is 63.5 Å². The van der Waals surface area contributed by atoms with Crippen molar-refractivity contribution in [2.45, 2.75) is 77.8 Å². The van der Waals surface area contributed by atoms with Crippen LogP contribution in [0.5, 0.6) is 11.5 Å². The Morgan fingerprint density at radius 3 is 1.30 bits per heavy atom. The van der Waals surface area contributed by atoms with Crippen molar-refractivity contribution >= 4 is 112 Å². The topological polar surface area (TPSA) is 246 Å². The van der Waals surface area contributed by atoms with Gasteiger partial charge >= 0.3 is 14.2 Å². The molecule has 538 valence electrons. The van der Waals surface area contributed by atoms with Crippen LogP contribution in [0.15, 0.2) is 179 Å². The van der Waals surface area contributed by atoms with E-state index in [0.717, 1.165) is 67.0 Å². The standard InChI is InChI=1S/C33H28FN3O5S.C24H28BFN2O6S.C21H24BNO3/c1-35-33(38)31-25-17-23(20-11-14-29(41-3)24(15-20)27-16-21-7-5-6-8-26(21)36-27)28(37(2)43(4,39)40)18-30(25)42-32(31)19-9-12-22(34)13-10-19;1-23(2)24(3,4)34-25(33-23)17-12-16-19(13-18(17)28(6)35(7,30)31)32-21(20(16)22(29)27-5)14-8-10-15(26)11-9-14;1-20(2)21(3,4)26-22(25-20)15-10-11-19(24-5)16(13-15)18-12-14-8-6-7-9-17(14)23-18/h5-18,36H,1-4H3,(H,35,38);8-13H,1-7H3,(H,27,29);6-13,23H,1-5H3. The molecular weight excluding hydrogens is 1370 g/mol. The van der Waals surface area contributed by atoms with Crippen LogP contribution >= 0.6 is 0 Å². The van der Waals surface area contributed by atoms with Crippen molar-refractivity contribution in [3.63, 3.8) is 0 Å². The fourth-order valence-corrected chi connectivity index (χ4v) is 13.5. The molecular formula is C78H80B2F2N6O14S2. The minimum absolute atomic E-state index is 0.235. The molecule has 2 saturated heterocycles. The van der Waals surface area contributed by atoms with E-state index < -0.39 is 68.9 Å². The maximum absolute atomic E-state index is 13.7. The number of hydrogen-bond donors (Lipinski definition) is 4. The van der Waals surface area contributed by atoms with E-state index in [0.29, 0.717) is 61.2 Å². The quantitative estimate of drug-likeness (QED) is 0.0698. The second-order valence-corrected chi connectivity index (χ2v) is 31.6. The highest BCUT2D eigenvalue weighted by Gasteiger charge is 2.54. The number of fused-ring (bicyclic) bond motifs is 4. The number of aromatic amines is 2. The summed E-state index contributed by atoms with van der Waals surface area (Å²) in [5.74, 6) is 0.261. The smallest absolute Gasteiger partial charge is 0.496 e. The van der Waals surface area contributed by atoms with Crippen LogP contribution in [0.4, 0.5) is 20.2 Å². The number of furan rings is 2. The van der Waals surface area contributed by atoms with Crippen LogP contribution in [0, 0.1) is 11.6 Å². The highest BCUT2D eigenvalue weighted by atomic mass is 32.2. The second-order valence-electron chi connectivity index (χ2n) is 27.6. The molecule has 0 saturated carbocycles. The van der Waals surface area contributed by atoms with Gasteiger partial charge in [-0.25, -0.2) is 25.6 Å². The number of hydrogen-bond acceptors (Lipinski definition) is 14. The largest absolute Gasteiger partial charge is 0.497 e. The SMILES string of the molecule is CNC(=O)c1c(-c2ccc(F)cc2)oc2cc(N(C)S(C)(=O)=O)c(-c3ccc(OC)c(-c4cc5ccccc5[nH]4)c3)cc12.CNC(=O)c1c(-c2ccc(F)cc2)oc2cc(N(C)S(C)(=O)=O)c(B3OC(C)(C)C(C)(C)O3)cc12.COc1ccc(B2OC(C)(C)C(C)(C)O2)cc1-c1cc2ccccc2[nH]1. The lowest BCUT2D eigenvalue weighted by Crippen LogP contribution is -2.41. The first-order valence-corrected chi connectivity index (χ1v) is 37.0. The number of nitrogens with zero attached hydrogens (tertiary/aromatic N) is 2. The number of nitrogens with one attached hydrogen (secondary N) is 4. The molecule has 0 radical (unpaired) electrons. The van der Waals surface area contributed by atoms with Gasteiger partial charge in [0.25, 0.3) is 11.8 Å². The lowest BCUT2D eigenvalue weighted by Gasteiger charge is -2.32. The lowest BCUT2D eigenvalue weighted by atomic mass is 9.77. The van der Waals surface area contributed by atoms with E-state index in [-0.39, 0.29) is 39.4 Å². The molecule has 0 aliphatic carbocycles. The molecule has 2 fully saturated rings. The molecule has 0 bridgehead atoms. The lowest BCUT2D eigenvalue weighted by molar-refractivity contribution is 0.00578. The van der Waals surface area contributed by atoms with Gasteiger partial charge in [0.2, 0.25) is 20.0 Å². The van der Waals surface area contributed by atoms with Crippen LogP contribution in [0.1, 0.15) is 76.1 Å². The fraction of sp³-hybridized carbons (Fsp3) is 0.256. The van der Waals surface area contributed by atoms with Crippen LogP contribution in [-0.2, 0) is 38.7 Å². The zero-order chi connectivity index (χ0) is 74.9. The number of H-pyrrole nitrogens is 2. The van der Waals surface area contributed by atoms with Crippen LogP contribution in [-0.4, -0.2) is 130 Å². The Hall–Kier alpha value is -10.2. The average molecular weight is 1450 g/mol. The van der Waals surface area contributed by atoms with Gasteiger partial charge in [0.05, 0.1) is 83.0 Å². The molecule has 0 atom stereocenters. The first-order chi connectivity index (χ1) is 49.0. The average Bonchev–Trinajstić information content (AvgIpc) is 1.58. The van der Waals surface area contributed by atoms with Crippen molar-refractivity contribution in [3.8, 4) is 67.8 Å². The number of carbonyl (C=O) groups is 2. The molecule has 2 aliphatic rings. The van der Waals surface area contributed by atoms with Crippen molar-refractivity contribution < 1.29 is 72.1 Å². The number of para-hydroxylation sites is 2. The normalized spacial score (nSPS) is 15.2. The van der Waals surface area contributed by atoms with Gasteiger partial charge in [0.1, 0.15) is 45.8 Å². The maximum atomic E-state index is 13.7. The monoisotopic (exact) mass is 1450 g/mol. The summed E-state index contributed by atoms with van der Waals surface area (Å²) in [6.45, 7) is 15.8. The van der Waals surface area contributed by atoms with E-state index in [1.54, 1.807) is 38.5 Å². The van der Waals surface area contributed by atoms with Crippen molar-refractivity contribution in [1.29, 1.82) is 0 Å². The zero-order valence-corrected chi connectivity index (χ0v) is 62.1. The molecule has 4 N–H and O–H groups in total. The molecule has 12 aromatic rings. The Balaban J connectivity index is 0.000000151. The summed E-state index contributed by atoms with van der Waals surface area (Å²) >= 11 is 0. The third-order valence-electron chi connectivity index (χ3n) is 19.8. The molecule has 20 nitrogen and oxygen atoms in total. The summed E-state index contributed by atoms with van der Waals surface area (Å²) in [6.07, 6.45) is 2.21. The highest BCUT2D eigenvalue weighted by Crippen LogP contribution is 2.46. The van der Waals surface area contributed by atoms with Gasteiger partial charge in [0, 0.05) is 106 Å². The third-order valence-corrected chi connectivity index (χ3v) is 22.2. The summed E-state index contributed by atoms with van der Waals surface area (Å²) in [5.41, 5.74) is 8.98. The van der Waals surface area contributed by atoms with Gasteiger partial charge in [-0.05, 0) is 176 Å². The number of benzene rings is 8. The van der Waals surface area contributed by atoms with Gasteiger partial charge in [-0.2, -0.15) is 0 Å². The van der Waals surface area contributed by atoms with Gasteiger partial charge < -0.3 is 57.5 Å². The summed E-state index contributed by atoms with van der Waals surface area (Å²) in [7, 11) is 0.543. The van der Waals surface area contributed by atoms with Gasteiger partial charge in [-0.15, -0.1) is 0 Å². The van der Waals surface area contributed by atoms with Crippen molar-refractivity contribution in [3.05, 3.63) is 193 Å². The number of aromatic nitrogens is 2. The van der Waals surface area contributed by atoms with E-state index in [9.17, 15) is 35.2 Å². The number of halogens is 2. The number of ether oxygens (including phenoxy) is 2. The van der Waals surface area contributed by atoms with Crippen LogP contribution in [0.2, 0.25) is 0 Å². The molecule has 2 amide bonds. The number of methoxy groups -OCH3 is 2. The molecule has 2 aliphatic heterocycles. The number of anilines is 2. The first-order valence-electron chi connectivity index (χ1n) is 33.3. The highest BCUT2D eigenvalue weighted by molar-refractivity contribution is 7.92. The summed E-state index contributed by atoms with van der Waals surface area (Å²) in [6, 6.07) is 49.7. The summed E-state index contributed by atoms with van der Waals surface area (Å²) < 4.78 is 128. The minimum Gasteiger partial charge on any atom is -0.496 e. The Kier molecular flexibility index (Phi) is 19.6. The molecule has 4 aromatic heterocycles. The second kappa shape index (κ2) is 27.8. The van der Waals surface area contributed by atoms with Crippen LogP contribution < -0.4 is 39.6 Å². The Labute approximate surface area is 603 Å². The van der Waals surface area contributed by atoms with E-state index in [2.05, 4.69) is 72.6 Å². The molecule has 0 spiro atoms. The zero-order valence-electron chi connectivity index (χ0n) is 60.5. The van der Waals surface area contributed by atoms with Crippen molar-refractivity contribution in [1.82, 2.24) is 20.6 Å².